The van der Waals surface area contributed by atoms with E-state index in [-0.39, 0.29) is 6.10 Å². The van der Waals surface area contributed by atoms with Crippen molar-refractivity contribution < 1.29 is 4.74 Å². The Morgan fingerprint density at radius 3 is 2.77 bits per heavy atom. The molecule has 0 fully saturated rings. The number of methoxy groups -OCH3 is 1. The van der Waals surface area contributed by atoms with Crippen molar-refractivity contribution in [3.05, 3.63) is 35.9 Å². The Morgan fingerprint density at radius 2 is 2.08 bits per heavy atom. The summed E-state index contributed by atoms with van der Waals surface area (Å²) in [5.41, 5.74) is 5.98. The van der Waals surface area contributed by atoms with E-state index in [0.29, 0.717) is 6.54 Å². The summed E-state index contributed by atoms with van der Waals surface area (Å²) in [6.45, 7) is 0.640. The molecule has 0 spiro atoms. The lowest BCUT2D eigenvalue weighted by Crippen LogP contribution is -2.23. The zero-order valence-electron chi connectivity index (χ0n) is 7.47. The van der Waals surface area contributed by atoms with Crippen LogP contribution in [-0.4, -0.2) is 25.5 Å². The molecule has 1 aliphatic rings. The Labute approximate surface area is 77.4 Å². The van der Waals surface area contributed by atoms with Gasteiger partial charge in [-0.05, 0) is 0 Å². The van der Waals surface area contributed by atoms with Crippen LogP contribution in [0.2, 0.25) is 0 Å². The molecule has 13 heavy (non-hydrogen) atoms. The van der Waals surface area contributed by atoms with E-state index in [1.54, 1.807) is 7.11 Å². The predicted octanol–water partition coefficient (Wildman–Crippen LogP) is 1.02. The second-order valence-electron chi connectivity index (χ2n) is 2.90. The van der Waals surface area contributed by atoms with E-state index in [9.17, 15) is 0 Å². The highest BCUT2D eigenvalue weighted by Gasteiger charge is 2.22. The lowest BCUT2D eigenvalue weighted by molar-refractivity contribution is 0.163. The fourth-order valence-corrected chi connectivity index (χ4v) is 1.38. The lowest BCUT2D eigenvalue weighted by Gasteiger charge is -2.08. The van der Waals surface area contributed by atoms with Crippen molar-refractivity contribution in [3.8, 4) is 0 Å². The Morgan fingerprint density at radius 1 is 1.31 bits per heavy atom. The van der Waals surface area contributed by atoms with Crippen LogP contribution < -0.4 is 5.43 Å². The SMILES string of the molecule is COC1C[N]N=C1c1ccccc1. The molecule has 67 valence electrons. The third-order valence-corrected chi connectivity index (χ3v) is 2.08. The van der Waals surface area contributed by atoms with Crippen LogP contribution in [0.15, 0.2) is 35.4 Å². The van der Waals surface area contributed by atoms with E-state index in [0.717, 1.165) is 11.3 Å². The molecule has 1 aromatic rings. The molecule has 0 amide bonds. The fourth-order valence-electron chi connectivity index (χ4n) is 1.38. The Kier molecular flexibility index (Phi) is 2.27. The molecule has 3 nitrogen and oxygen atoms in total. The molecule has 3 heteroatoms. The van der Waals surface area contributed by atoms with Gasteiger partial charge in [0.05, 0.1) is 6.54 Å². The van der Waals surface area contributed by atoms with Gasteiger partial charge in [-0.1, -0.05) is 30.3 Å². The molecule has 1 unspecified atom stereocenters. The lowest BCUT2D eigenvalue weighted by atomic mass is 10.1. The third kappa shape index (κ3) is 1.55. The highest BCUT2D eigenvalue weighted by molar-refractivity contribution is 6.04. The summed E-state index contributed by atoms with van der Waals surface area (Å²) in [6, 6.07) is 10.0. The number of rotatable bonds is 2. The molecule has 1 aromatic carbocycles. The number of hydrogen-bond acceptors (Lipinski definition) is 2. The first kappa shape index (κ1) is 8.26. The van der Waals surface area contributed by atoms with Crippen LogP contribution in [0.3, 0.4) is 0 Å². The predicted molar refractivity (Wildman–Crippen MR) is 50.8 cm³/mol. The zero-order valence-corrected chi connectivity index (χ0v) is 7.47. The zero-order chi connectivity index (χ0) is 9.10. The van der Waals surface area contributed by atoms with Crippen LogP contribution in [0.4, 0.5) is 0 Å². The number of nitrogens with zero attached hydrogens (tertiary/aromatic N) is 2. The van der Waals surface area contributed by atoms with Gasteiger partial charge < -0.3 is 4.74 Å². The molecule has 2 rings (SSSR count). The first-order valence-electron chi connectivity index (χ1n) is 4.24. The molecule has 1 radical (unpaired) electrons. The minimum absolute atomic E-state index is 0.0300. The average Bonchev–Trinajstić information content (AvgIpc) is 2.67. The van der Waals surface area contributed by atoms with Gasteiger partial charge in [0.15, 0.2) is 0 Å². The summed E-state index contributed by atoms with van der Waals surface area (Å²) >= 11 is 0. The second kappa shape index (κ2) is 3.58. The van der Waals surface area contributed by atoms with Gasteiger partial charge in [-0.25, -0.2) is 0 Å². The summed E-state index contributed by atoms with van der Waals surface area (Å²) in [6.07, 6.45) is 0.0300. The van der Waals surface area contributed by atoms with Gasteiger partial charge in [0.25, 0.3) is 0 Å². The van der Waals surface area contributed by atoms with E-state index in [2.05, 4.69) is 10.5 Å². The number of hydrogen-bond donors (Lipinski definition) is 0. The van der Waals surface area contributed by atoms with Gasteiger partial charge in [-0.15, -0.1) is 0 Å². The Hall–Kier alpha value is -1.35. The Balaban J connectivity index is 2.26. The van der Waals surface area contributed by atoms with Gasteiger partial charge in [0.1, 0.15) is 11.8 Å². The first-order valence-corrected chi connectivity index (χ1v) is 4.24. The smallest absolute Gasteiger partial charge is 0.123 e. The maximum atomic E-state index is 5.25. The van der Waals surface area contributed by atoms with Crippen molar-refractivity contribution in [2.45, 2.75) is 6.10 Å². The standard InChI is InChI=1S/C10H11N2O/c1-13-9-7-11-12-10(9)8-5-3-2-4-6-8/h2-6,9H,7H2,1H3. The summed E-state index contributed by atoms with van der Waals surface area (Å²) in [5.74, 6) is 0. The topological polar surface area (TPSA) is 35.7 Å². The molecule has 1 aliphatic heterocycles. The summed E-state index contributed by atoms with van der Waals surface area (Å²) in [7, 11) is 1.68. The average molecular weight is 175 g/mol. The molecule has 0 aliphatic carbocycles. The molecule has 1 heterocycles. The molecule has 0 aromatic heterocycles. The van der Waals surface area contributed by atoms with E-state index in [4.69, 9.17) is 4.74 Å². The highest BCUT2D eigenvalue weighted by Crippen LogP contribution is 2.10. The van der Waals surface area contributed by atoms with Gasteiger partial charge in [0, 0.05) is 12.7 Å². The van der Waals surface area contributed by atoms with Crippen LogP contribution in [0.1, 0.15) is 5.56 Å². The molecule has 0 saturated heterocycles. The summed E-state index contributed by atoms with van der Waals surface area (Å²) in [5, 5.41) is 4.07. The first-order chi connectivity index (χ1) is 6.42. The maximum absolute atomic E-state index is 5.25. The van der Waals surface area contributed by atoms with Crippen LogP contribution in [0, 0.1) is 0 Å². The number of ether oxygens (including phenoxy) is 1. The van der Waals surface area contributed by atoms with Crippen LogP contribution in [0.5, 0.6) is 0 Å². The molecular weight excluding hydrogens is 164 g/mol. The van der Waals surface area contributed by atoms with Crippen LogP contribution in [0.25, 0.3) is 0 Å². The minimum Gasteiger partial charge on any atom is -0.373 e. The van der Waals surface area contributed by atoms with Crippen molar-refractivity contribution in [1.82, 2.24) is 5.43 Å². The third-order valence-electron chi connectivity index (χ3n) is 2.08. The van der Waals surface area contributed by atoms with Crippen molar-refractivity contribution in [2.75, 3.05) is 13.7 Å². The quantitative estimate of drug-likeness (QED) is 0.661. The van der Waals surface area contributed by atoms with E-state index in [1.807, 2.05) is 30.3 Å². The van der Waals surface area contributed by atoms with Gasteiger partial charge in [0.2, 0.25) is 0 Å². The largest absolute Gasteiger partial charge is 0.373 e. The molecular formula is C10H11N2O. The van der Waals surface area contributed by atoms with Gasteiger partial charge in [-0.2, -0.15) is 10.5 Å². The Bertz CT molecular complexity index is 308. The van der Waals surface area contributed by atoms with Crippen molar-refractivity contribution in [1.29, 1.82) is 0 Å². The number of benzene rings is 1. The van der Waals surface area contributed by atoms with Gasteiger partial charge >= 0.3 is 0 Å². The van der Waals surface area contributed by atoms with E-state index >= 15 is 0 Å². The van der Waals surface area contributed by atoms with E-state index < -0.39 is 0 Å². The molecule has 0 saturated carbocycles. The molecule has 0 bridgehead atoms. The molecule has 0 N–H and O–H groups in total. The summed E-state index contributed by atoms with van der Waals surface area (Å²) < 4.78 is 5.25. The normalized spacial score (nSPS) is 21.0. The second-order valence-corrected chi connectivity index (χ2v) is 2.90. The fraction of sp³-hybridized carbons (Fsp3) is 0.300. The van der Waals surface area contributed by atoms with Crippen LogP contribution >= 0.6 is 0 Å². The van der Waals surface area contributed by atoms with E-state index in [1.165, 1.54) is 0 Å². The van der Waals surface area contributed by atoms with Crippen LogP contribution in [-0.2, 0) is 4.74 Å². The maximum Gasteiger partial charge on any atom is 0.123 e. The monoisotopic (exact) mass is 175 g/mol. The van der Waals surface area contributed by atoms with Crippen molar-refractivity contribution in [3.63, 3.8) is 0 Å². The molecule has 1 atom stereocenters. The minimum atomic E-state index is 0.0300. The van der Waals surface area contributed by atoms with Gasteiger partial charge in [-0.3, -0.25) is 0 Å². The van der Waals surface area contributed by atoms with Crippen molar-refractivity contribution >= 4 is 5.71 Å². The summed E-state index contributed by atoms with van der Waals surface area (Å²) in [4.78, 5) is 0. The highest BCUT2D eigenvalue weighted by atomic mass is 16.5. The van der Waals surface area contributed by atoms with Crippen molar-refractivity contribution in [2.24, 2.45) is 5.10 Å².